The topological polar surface area (TPSA) is 142 Å². The van der Waals surface area contributed by atoms with Gasteiger partial charge >= 0.3 is 12.0 Å². The fourth-order valence-electron chi connectivity index (χ4n) is 4.19. The second-order valence-electron chi connectivity index (χ2n) is 10.4. The summed E-state index contributed by atoms with van der Waals surface area (Å²) < 4.78 is 59.7. The summed E-state index contributed by atoms with van der Waals surface area (Å²) in [6, 6.07) is 11.9. The van der Waals surface area contributed by atoms with Gasteiger partial charge < -0.3 is 14.2 Å². The van der Waals surface area contributed by atoms with Crippen LogP contribution in [-0.4, -0.2) is 78.6 Å². The number of thiol groups is 1. The number of hydrogen-bond acceptors (Lipinski definition) is 11. The first kappa shape index (κ1) is 35.5. The molecule has 0 fully saturated rings. The van der Waals surface area contributed by atoms with E-state index in [2.05, 4.69) is 29.4 Å². The molecule has 0 N–H and O–H groups in total. The minimum Gasteiger partial charge on any atom is -0.496 e. The van der Waals surface area contributed by atoms with Crippen molar-refractivity contribution in [1.29, 1.82) is 0 Å². The molecule has 0 aliphatic rings. The van der Waals surface area contributed by atoms with Crippen molar-refractivity contribution in [2.75, 3.05) is 31.5 Å². The summed E-state index contributed by atoms with van der Waals surface area (Å²) >= 11 is 4.33. The highest BCUT2D eigenvalue weighted by Crippen LogP contribution is 2.32. The number of benzene rings is 2. The molecule has 1 heterocycles. The Labute approximate surface area is 267 Å². The molecular formula is C29H36FN5O8S2. The number of hydrogen-bond donors (Lipinski definition) is 1. The van der Waals surface area contributed by atoms with E-state index in [0.717, 1.165) is 32.7 Å². The fourth-order valence-corrected chi connectivity index (χ4v) is 5.01. The van der Waals surface area contributed by atoms with Gasteiger partial charge in [-0.3, -0.25) is 9.08 Å². The molecule has 3 aromatic rings. The molecule has 0 aliphatic heterocycles. The molecule has 2 amide bonds. The molecular weight excluding hydrogens is 629 g/mol. The number of ether oxygens (including phenoxy) is 3. The molecule has 0 saturated carbocycles. The summed E-state index contributed by atoms with van der Waals surface area (Å²) in [5.74, 6) is -1.16. The highest BCUT2D eigenvalue weighted by molar-refractivity contribution is 7.86. The van der Waals surface area contributed by atoms with Crippen molar-refractivity contribution in [1.82, 2.24) is 20.0 Å². The van der Waals surface area contributed by atoms with Crippen LogP contribution in [0.15, 0.2) is 72.5 Å². The third kappa shape index (κ3) is 9.75. The number of urea groups is 1. The number of carbonyl (C=O) groups is 2. The Morgan fingerprint density at radius 3 is 2.36 bits per heavy atom. The van der Waals surface area contributed by atoms with Gasteiger partial charge in [0.15, 0.2) is 5.54 Å². The smallest absolute Gasteiger partial charge is 0.347 e. The lowest BCUT2D eigenvalue weighted by atomic mass is 10.0. The molecule has 13 nitrogen and oxygen atoms in total. The summed E-state index contributed by atoms with van der Waals surface area (Å²) in [7, 11) is -2.44. The molecule has 16 heteroatoms. The molecule has 0 saturated heterocycles. The van der Waals surface area contributed by atoms with E-state index in [1.54, 1.807) is 24.3 Å². The molecule has 1 aromatic heterocycles. The number of esters is 1. The summed E-state index contributed by atoms with van der Waals surface area (Å²) in [6.45, 7) is 7.50. The molecule has 45 heavy (non-hydrogen) atoms. The number of rotatable bonds is 15. The van der Waals surface area contributed by atoms with Crippen LogP contribution in [0, 0.1) is 5.82 Å². The summed E-state index contributed by atoms with van der Waals surface area (Å²) in [5, 5.41) is 9.01. The number of amides is 2. The lowest BCUT2D eigenvalue weighted by molar-refractivity contribution is -0.151. The van der Waals surface area contributed by atoms with Gasteiger partial charge in [-0.2, -0.15) is 13.4 Å². The number of carbonyl (C=O) groups excluding carboxylic acids is 2. The van der Waals surface area contributed by atoms with Crippen LogP contribution in [0.4, 0.5) is 9.18 Å². The first-order valence-corrected chi connectivity index (χ1v) is 15.8. The number of halogens is 1. The second kappa shape index (κ2) is 15.3. The standard InChI is InChI=1S/C29H36FN5O8S2/c1-20(43-45(6,38)39)18-41-26(24-16-23(30)12-13-25(24)40-5)17-33(21(2)44)28(37)34(35-31-14-15-32-35)29(3,4)27(36)42-19-22-10-8-7-9-11-22/h7-16,20,26,44H,2,17-19H2,1,3-6H3/t20?,26-/m0/s1. The minimum absolute atomic E-state index is 0.0519. The van der Waals surface area contributed by atoms with Crippen LogP contribution in [-0.2, 0) is 35.2 Å². The van der Waals surface area contributed by atoms with Gasteiger partial charge in [0, 0.05) is 5.56 Å². The Kier molecular flexibility index (Phi) is 12.1. The van der Waals surface area contributed by atoms with Crippen LogP contribution < -0.4 is 9.75 Å². The average molecular weight is 666 g/mol. The van der Waals surface area contributed by atoms with Crippen molar-refractivity contribution in [2.45, 2.75) is 45.1 Å². The quantitative estimate of drug-likeness (QED) is 0.145. The maximum atomic E-state index is 14.5. The maximum Gasteiger partial charge on any atom is 0.347 e. The normalized spacial score (nSPS) is 13.0. The molecule has 2 aromatic carbocycles. The number of aromatic nitrogens is 3. The molecule has 244 valence electrons. The van der Waals surface area contributed by atoms with E-state index in [0.29, 0.717) is 0 Å². The van der Waals surface area contributed by atoms with E-state index in [-0.39, 0.29) is 36.1 Å². The summed E-state index contributed by atoms with van der Waals surface area (Å²) in [5.41, 5.74) is -0.751. The van der Waals surface area contributed by atoms with Crippen LogP contribution in [0.25, 0.3) is 0 Å². The average Bonchev–Trinajstić information content (AvgIpc) is 3.49. The molecule has 0 aliphatic carbocycles. The maximum absolute atomic E-state index is 14.5. The molecule has 1 unspecified atom stereocenters. The van der Waals surface area contributed by atoms with E-state index in [1.165, 1.54) is 52.4 Å². The number of methoxy groups -OCH3 is 1. The Morgan fingerprint density at radius 2 is 1.78 bits per heavy atom. The minimum atomic E-state index is -3.81. The van der Waals surface area contributed by atoms with E-state index in [9.17, 15) is 22.4 Å². The summed E-state index contributed by atoms with van der Waals surface area (Å²) in [4.78, 5) is 29.7. The first-order chi connectivity index (χ1) is 21.1. The van der Waals surface area contributed by atoms with E-state index in [4.69, 9.17) is 18.4 Å². The second-order valence-corrected chi connectivity index (χ2v) is 12.5. The lowest BCUT2D eigenvalue weighted by Gasteiger charge is -2.38. The van der Waals surface area contributed by atoms with Gasteiger partial charge in [-0.25, -0.2) is 14.0 Å². The Hall–Kier alpha value is -3.99. The van der Waals surface area contributed by atoms with Gasteiger partial charge in [0.2, 0.25) is 0 Å². The Bertz CT molecular complexity index is 1570. The van der Waals surface area contributed by atoms with Crippen LogP contribution >= 0.6 is 12.6 Å². The van der Waals surface area contributed by atoms with Crippen LogP contribution in [0.2, 0.25) is 0 Å². The number of nitrogens with zero attached hydrogens (tertiary/aromatic N) is 5. The Balaban J connectivity index is 1.98. The van der Waals surface area contributed by atoms with Crippen LogP contribution in [0.1, 0.15) is 38.0 Å². The highest BCUT2D eigenvalue weighted by Gasteiger charge is 2.45. The molecule has 0 bridgehead atoms. The molecule has 0 radical (unpaired) electrons. The molecule has 0 spiro atoms. The SMILES string of the molecule is C=C(S)N(C[C@H](OCC(C)OS(C)(=O)=O)c1cc(F)ccc1OC)C(=O)N(n1nccn1)C(C)(C)C(=O)OCc1ccccc1. The highest BCUT2D eigenvalue weighted by atomic mass is 32.2. The zero-order valence-corrected chi connectivity index (χ0v) is 27.2. The van der Waals surface area contributed by atoms with E-state index in [1.807, 2.05) is 6.07 Å². The van der Waals surface area contributed by atoms with Crippen molar-refractivity contribution in [2.24, 2.45) is 0 Å². The van der Waals surface area contributed by atoms with Crippen molar-refractivity contribution in [3.05, 3.63) is 89.5 Å². The van der Waals surface area contributed by atoms with Crippen LogP contribution in [0.5, 0.6) is 5.75 Å². The predicted octanol–water partition coefficient (Wildman–Crippen LogP) is 3.83. The van der Waals surface area contributed by atoms with E-state index < -0.39 is 45.7 Å². The zero-order chi connectivity index (χ0) is 33.4. The van der Waals surface area contributed by atoms with Gasteiger partial charge in [-0.05, 0) is 44.5 Å². The van der Waals surface area contributed by atoms with Gasteiger partial charge in [-0.15, -0.1) is 22.8 Å². The molecule has 3 rings (SSSR count). The molecule has 2 atom stereocenters. The zero-order valence-electron chi connectivity index (χ0n) is 25.5. The van der Waals surface area contributed by atoms with Gasteiger partial charge in [-0.1, -0.05) is 41.8 Å². The lowest BCUT2D eigenvalue weighted by Crippen LogP contribution is -2.63. The van der Waals surface area contributed by atoms with E-state index >= 15 is 0 Å². The fraction of sp³-hybridized carbons (Fsp3) is 0.379. The van der Waals surface area contributed by atoms with Gasteiger partial charge in [0.25, 0.3) is 10.1 Å². The van der Waals surface area contributed by atoms with Gasteiger partial charge in [0.05, 0.1) is 50.0 Å². The van der Waals surface area contributed by atoms with Crippen molar-refractivity contribution in [3.8, 4) is 5.75 Å². The van der Waals surface area contributed by atoms with Crippen molar-refractivity contribution < 1.29 is 40.8 Å². The predicted molar refractivity (Wildman–Crippen MR) is 166 cm³/mol. The van der Waals surface area contributed by atoms with Gasteiger partial charge in [0.1, 0.15) is 24.3 Å². The third-order valence-electron chi connectivity index (χ3n) is 6.31. The third-order valence-corrected chi connectivity index (χ3v) is 7.23. The van der Waals surface area contributed by atoms with Crippen LogP contribution in [0.3, 0.4) is 0 Å². The summed E-state index contributed by atoms with van der Waals surface area (Å²) in [6.07, 6.45) is 1.46. The Morgan fingerprint density at radius 1 is 1.13 bits per heavy atom. The monoisotopic (exact) mass is 665 g/mol. The largest absolute Gasteiger partial charge is 0.496 e. The first-order valence-electron chi connectivity index (χ1n) is 13.5. The van der Waals surface area contributed by atoms with Crippen molar-refractivity contribution in [3.63, 3.8) is 0 Å². The van der Waals surface area contributed by atoms with Crippen molar-refractivity contribution >= 4 is 34.7 Å².